The van der Waals surface area contributed by atoms with Crippen molar-refractivity contribution in [2.45, 2.75) is 63.5 Å². The van der Waals surface area contributed by atoms with Gasteiger partial charge in [-0.3, -0.25) is 0 Å². The second-order valence-corrected chi connectivity index (χ2v) is 5.69. The van der Waals surface area contributed by atoms with Crippen molar-refractivity contribution in [3.05, 3.63) is 0 Å². The number of hydrogen-bond acceptors (Lipinski definition) is 3. The second kappa shape index (κ2) is 5.99. The zero-order chi connectivity index (χ0) is 12.1. The minimum atomic E-state index is -0.0890. The Morgan fingerprint density at radius 1 is 1.19 bits per heavy atom. The fraction of sp³-hybridized carbons (Fsp3) is 1.00. The first-order chi connectivity index (χ1) is 7.47. The van der Waals surface area contributed by atoms with E-state index in [1.807, 2.05) is 0 Å². The van der Waals surface area contributed by atoms with Crippen LogP contribution in [-0.4, -0.2) is 31.5 Å². The molecule has 3 heteroatoms. The van der Waals surface area contributed by atoms with E-state index in [1.54, 1.807) is 7.11 Å². The average Bonchev–Trinajstić information content (AvgIpc) is 2.26. The summed E-state index contributed by atoms with van der Waals surface area (Å²) < 4.78 is 11.1. The van der Waals surface area contributed by atoms with Crippen LogP contribution in [0.1, 0.15) is 52.4 Å². The van der Waals surface area contributed by atoms with E-state index in [9.17, 15) is 0 Å². The van der Waals surface area contributed by atoms with E-state index in [0.717, 1.165) is 25.9 Å². The normalized spacial score (nSPS) is 21.0. The van der Waals surface area contributed by atoms with E-state index in [1.165, 1.54) is 19.3 Å². The van der Waals surface area contributed by atoms with Crippen molar-refractivity contribution in [1.82, 2.24) is 0 Å². The zero-order valence-corrected chi connectivity index (χ0v) is 11.1. The van der Waals surface area contributed by atoms with Gasteiger partial charge in [-0.1, -0.05) is 19.3 Å². The number of rotatable bonds is 6. The Labute approximate surface area is 99.7 Å². The van der Waals surface area contributed by atoms with Crippen LogP contribution in [0.5, 0.6) is 0 Å². The maximum Gasteiger partial charge on any atom is 0.0646 e. The smallest absolute Gasteiger partial charge is 0.0646 e. The molecule has 0 aromatic rings. The van der Waals surface area contributed by atoms with Crippen LogP contribution in [0.15, 0.2) is 0 Å². The van der Waals surface area contributed by atoms with Crippen molar-refractivity contribution < 1.29 is 9.47 Å². The van der Waals surface area contributed by atoms with Gasteiger partial charge in [0.1, 0.15) is 0 Å². The number of nitrogens with two attached hydrogens (primary N) is 1. The monoisotopic (exact) mass is 229 g/mol. The van der Waals surface area contributed by atoms with Gasteiger partial charge >= 0.3 is 0 Å². The van der Waals surface area contributed by atoms with Gasteiger partial charge in [-0.2, -0.15) is 0 Å². The van der Waals surface area contributed by atoms with E-state index < -0.39 is 0 Å². The number of methoxy groups -OCH3 is 1. The first kappa shape index (κ1) is 13.9. The highest BCUT2D eigenvalue weighted by atomic mass is 16.5. The molecule has 1 aliphatic rings. The Balaban J connectivity index is 2.15. The third kappa shape index (κ3) is 4.81. The summed E-state index contributed by atoms with van der Waals surface area (Å²) in [5, 5.41) is 0. The summed E-state index contributed by atoms with van der Waals surface area (Å²) >= 11 is 0. The molecule has 2 N–H and O–H groups in total. The first-order valence-corrected chi connectivity index (χ1v) is 6.39. The lowest BCUT2D eigenvalue weighted by atomic mass is 9.83. The van der Waals surface area contributed by atoms with Crippen molar-refractivity contribution in [2.24, 2.45) is 5.73 Å². The Kier molecular flexibility index (Phi) is 5.22. The van der Waals surface area contributed by atoms with Gasteiger partial charge in [0.25, 0.3) is 0 Å². The minimum Gasteiger partial charge on any atom is -0.379 e. The third-order valence-corrected chi connectivity index (χ3v) is 3.64. The maximum absolute atomic E-state index is 6.29. The van der Waals surface area contributed by atoms with Crippen LogP contribution < -0.4 is 5.73 Å². The molecule has 0 amide bonds. The molecule has 16 heavy (non-hydrogen) atoms. The molecule has 3 nitrogen and oxygen atoms in total. The van der Waals surface area contributed by atoms with Gasteiger partial charge in [0.15, 0.2) is 0 Å². The van der Waals surface area contributed by atoms with Crippen molar-refractivity contribution in [3.8, 4) is 0 Å². The summed E-state index contributed by atoms with van der Waals surface area (Å²) in [7, 11) is 1.74. The highest BCUT2D eigenvalue weighted by Crippen LogP contribution is 2.26. The fourth-order valence-corrected chi connectivity index (χ4v) is 2.10. The summed E-state index contributed by atoms with van der Waals surface area (Å²) in [6.07, 6.45) is 6.98. The summed E-state index contributed by atoms with van der Waals surface area (Å²) in [4.78, 5) is 0. The predicted molar refractivity (Wildman–Crippen MR) is 66.5 cm³/mol. The lowest BCUT2D eigenvalue weighted by Crippen LogP contribution is -2.46. The molecule has 1 rings (SSSR count). The quantitative estimate of drug-likeness (QED) is 0.712. The number of hydrogen-bond donors (Lipinski definition) is 1. The van der Waals surface area contributed by atoms with Crippen molar-refractivity contribution in [1.29, 1.82) is 0 Å². The van der Waals surface area contributed by atoms with Gasteiger partial charge in [-0.25, -0.2) is 0 Å². The average molecular weight is 229 g/mol. The standard InChI is InChI=1S/C13H27NO2/c1-12(2,15-3)9-10-16-11-13(14)7-5-4-6-8-13/h4-11,14H2,1-3H3. The molecule has 1 fully saturated rings. The molecule has 1 aliphatic carbocycles. The number of ether oxygens (including phenoxy) is 2. The van der Waals surface area contributed by atoms with E-state index >= 15 is 0 Å². The maximum atomic E-state index is 6.29. The van der Waals surface area contributed by atoms with E-state index in [-0.39, 0.29) is 11.1 Å². The molecule has 0 unspecified atom stereocenters. The van der Waals surface area contributed by atoms with Gasteiger partial charge in [-0.05, 0) is 33.1 Å². The fourth-order valence-electron chi connectivity index (χ4n) is 2.10. The molecule has 0 aromatic heterocycles. The van der Waals surface area contributed by atoms with Crippen LogP contribution in [0.25, 0.3) is 0 Å². The van der Waals surface area contributed by atoms with E-state index in [4.69, 9.17) is 15.2 Å². The molecule has 0 aliphatic heterocycles. The second-order valence-electron chi connectivity index (χ2n) is 5.69. The van der Waals surface area contributed by atoms with Crippen LogP contribution in [0.3, 0.4) is 0 Å². The SMILES string of the molecule is COC(C)(C)CCOCC1(N)CCCCC1. The summed E-state index contributed by atoms with van der Waals surface area (Å²) in [6, 6.07) is 0. The Hall–Kier alpha value is -0.120. The summed E-state index contributed by atoms with van der Waals surface area (Å²) in [5.41, 5.74) is 6.14. The lowest BCUT2D eigenvalue weighted by molar-refractivity contribution is -0.0188. The molecule has 0 atom stereocenters. The summed E-state index contributed by atoms with van der Waals surface area (Å²) in [6.45, 7) is 5.59. The Morgan fingerprint density at radius 2 is 1.81 bits per heavy atom. The molecule has 1 saturated carbocycles. The molecule has 96 valence electrons. The van der Waals surface area contributed by atoms with Crippen LogP contribution in [0, 0.1) is 0 Å². The molecule has 0 spiro atoms. The van der Waals surface area contributed by atoms with Gasteiger partial charge in [0.2, 0.25) is 0 Å². The Bertz CT molecular complexity index is 198. The van der Waals surface area contributed by atoms with Crippen molar-refractivity contribution >= 4 is 0 Å². The Morgan fingerprint density at radius 3 is 2.38 bits per heavy atom. The first-order valence-electron chi connectivity index (χ1n) is 6.39. The molecule has 0 saturated heterocycles. The van der Waals surface area contributed by atoms with Gasteiger partial charge in [0.05, 0.1) is 12.2 Å². The van der Waals surface area contributed by atoms with Crippen molar-refractivity contribution in [2.75, 3.05) is 20.3 Å². The molecular formula is C13H27NO2. The predicted octanol–water partition coefficient (Wildman–Crippen LogP) is 2.48. The van der Waals surface area contributed by atoms with Gasteiger partial charge < -0.3 is 15.2 Å². The lowest BCUT2D eigenvalue weighted by Gasteiger charge is -2.33. The van der Waals surface area contributed by atoms with E-state index in [0.29, 0.717) is 6.61 Å². The molecule has 0 heterocycles. The van der Waals surface area contributed by atoms with Crippen LogP contribution in [-0.2, 0) is 9.47 Å². The van der Waals surface area contributed by atoms with Crippen LogP contribution in [0.2, 0.25) is 0 Å². The summed E-state index contributed by atoms with van der Waals surface area (Å²) in [5.74, 6) is 0. The molecule has 0 bridgehead atoms. The highest BCUT2D eigenvalue weighted by molar-refractivity contribution is 4.87. The minimum absolute atomic E-state index is 0.0601. The van der Waals surface area contributed by atoms with Crippen LogP contribution in [0.4, 0.5) is 0 Å². The van der Waals surface area contributed by atoms with Crippen LogP contribution >= 0.6 is 0 Å². The van der Waals surface area contributed by atoms with Crippen molar-refractivity contribution in [3.63, 3.8) is 0 Å². The highest BCUT2D eigenvalue weighted by Gasteiger charge is 2.27. The molecule has 0 aromatic carbocycles. The third-order valence-electron chi connectivity index (χ3n) is 3.64. The van der Waals surface area contributed by atoms with E-state index in [2.05, 4.69) is 13.8 Å². The molecule has 0 radical (unpaired) electrons. The molecular weight excluding hydrogens is 202 g/mol. The van der Waals surface area contributed by atoms with Gasteiger partial charge in [-0.15, -0.1) is 0 Å². The zero-order valence-electron chi connectivity index (χ0n) is 11.1. The van der Waals surface area contributed by atoms with Gasteiger partial charge in [0, 0.05) is 19.3 Å². The largest absolute Gasteiger partial charge is 0.379 e. The topological polar surface area (TPSA) is 44.5 Å².